The number of methoxy groups -OCH3 is 1. The number of carbonyl (C=O) groups excluding carboxylic acids is 1. The average molecular weight is 365 g/mol. The zero-order chi connectivity index (χ0) is 18.7. The minimum Gasteiger partial charge on any atom is -0.497 e. The molecule has 1 N–H and O–H groups in total. The molecular formula is C22H23NO4. The molecule has 0 bridgehead atoms. The first kappa shape index (κ1) is 17.6. The number of carbonyl (C=O) groups is 1. The van der Waals surface area contributed by atoms with Gasteiger partial charge in [0.25, 0.3) is 5.91 Å². The van der Waals surface area contributed by atoms with E-state index in [1.807, 2.05) is 36.4 Å². The van der Waals surface area contributed by atoms with Gasteiger partial charge in [-0.25, -0.2) is 0 Å². The highest BCUT2D eigenvalue weighted by Crippen LogP contribution is 2.35. The predicted molar refractivity (Wildman–Crippen MR) is 103 cm³/mol. The van der Waals surface area contributed by atoms with Gasteiger partial charge in [-0.3, -0.25) is 4.79 Å². The number of hydrogen-bond acceptors (Lipinski definition) is 4. The largest absolute Gasteiger partial charge is 0.497 e. The van der Waals surface area contributed by atoms with Gasteiger partial charge < -0.3 is 19.2 Å². The lowest BCUT2D eigenvalue weighted by molar-refractivity contribution is 0.0484. The van der Waals surface area contributed by atoms with Crippen LogP contribution >= 0.6 is 0 Å². The molecule has 1 aromatic heterocycles. The molecule has 4 rings (SSSR count). The fraction of sp³-hybridized carbons (Fsp3) is 0.318. The normalized spacial score (nSPS) is 16.2. The van der Waals surface area contributed by atoms with E-state index in [4.69, 9.17) is 13.9 Å². The zero-order valence-electron chi connectivity index (χ0n) is 15.4. The number of hydrogen-bond donors (Lipinski definition) is 1. The second-order valence-corrected chi connectivity index (χ2v) is 6.95. The molecule has 0 unspecified atom stereocenters. The third-order valence-electron chi connectivity index (χ3n) is 5.39. The van der Waals surface area contributed by atoms with Gasteiger partial charge in [-0.15, -0.1) is 0 Å². The van der Waals surface area contributed by atoms with Crippen LogP contribution in [0.15, 0.2) is 59.0 Å². The molecule has 0 spiro atoms. The molecule has 0 aliphatic carbocycles. The molecule has 1 saturated heterocycles. The van der Waals surface area contributed by atoms with Crippen molar-refractivity contribution >= 4 is 16.9 Å². The number of rotatable bonds is 5. The fourth-order valence-electron chi connectivity index (χ4n) is 3.70. The van der Waals surface area contributed by atoms with Gasteiger partial charge in [0.1, 0.15) is 11.3 Å². The summed E-state index contributed by atoms with van der Waals surface area (Å²) in [7, 11) is 1.66. The van der Waals surface area contributed by atoms with Gasteiger partial charge >= 0.3 is 0 Å². The van der Waals surface area contributed by atoms with Crippen LogP contribution in [-0.2, 0) is 10.2 Å². The van der Waals surface area contributed by atoms with Crippen molar-refractivity contribution in [3.8, 4) is 5.75 Å². The second-order valence-electron chi connectivity index (χ2n) is 6.95. The molecule has 5 nitrogen and oxygen atoms in total. The third-order valence-corrected chi connectivity index (χ3v) is 5.39. The van der Waals surface area contributed by atoms with Gasteiger partial charge in [0, 0.05) is 30.6 Å². The number of para-hydroxylation sites is 1. The average Bonchev–Trinajstić information content (AvgIpc) is 3.17. The van der Waals surface area contributed by atoms with E-state index in [0.29, 0.717) is 25.5 Å². The van der Waals surface area contributed by atoms with E-state index in [1.165, 1.54) is 5.56 Å². The van der Waals surface area contributed by atoms with Gasteiger partial charge in [-0.1, -0.05) is 30.3 Å². The summed E-state index contributed by atoms with van der Waals surface area (Å²) in [4.78, 5) is 12.7. The Bertz CT molecular complexity index is 890. The van der Waals surface area contributed by atoms with Crippen molar-refractivity contribution in [3.63, 3.8) is 0 Å². The monoisotopic (exact) mass is 365 g/mol. The summed E-state index contributed by atoms with van der Waals surface area (Å²) in [5, 5.41) is 4.01. The van der Waals surface area contributed by atoms with Crippen molar-refractivity contribution in [1.82, 2.24) is 5.32 Å². The molecule has 1 aliphatic rings. The second kappa shape index (κ2) is 7.45. The molecule has 27 heavy (non-hydrogen) atoms. The smallest absolute Gasteiger partial charge is 0.287 e. The molecule has 3 aromatic rings. The summed E-state index contributed by atoms with van der Waals surface area (Å²) in [6.07, 6.45) is 1.72. The Morgan fingerprint density at radius 1 is 1.11 bits per heavy atom. The first-order valence-electron chi connectivity index (χ1n) is 9.19. The maximum Gasteiger partial charge on any atom is 0.287 e. The van der Waals surface area contributed by atoms with E-state index >= 15 is 0 Å². The highest BCUT2D eigenvalue weighted by molar-refractivity contribution is 5.96. The maximum atomic E-state index is 12.7. The van der Waals surface area contributed by atoms with Crippen molar-refractivity contribution in [3.05, 3.63) is 65.9 Å². The molecular weight excluding hydrogens is 342 g/mol. The Hall–Kier alpha value is -2.79. The zero-order valence-corrected chi connectivity index (χ0v) is 15.4. The molecule has 0 atom stereocenters. The van der Waals surface area contributed by atoms with E-state index in [0.717, 1.165) is 29.6 Å². The van der Waals surface area contributed by atoms with Crippen LogP contribution in [0.25, 0.3) is 11.0 Å². The third kappa shape index (κ3) is 3.55. The first-order valence-corrected chi connectivity index (χ1v) is 9.19. The quantitative estimate of drug-likeness (QED) is 0.744. The van der Waals surface area contributed by atoms with Gasteiger partial charge in [0.05, 0.1) is 7.11 Å². The lowest BCUT2D eigenvalue weighted by atomic mass is 9.74. The fourth-order valence-corrected chi connectivity index (χ4v) is 3.70. The van der Waals surface area contributed by atoms with E-state index in [9.17, 15) is 4.79 Å². The minimum atomic E-state index is -0.189. The van der Waals surface area contributed by atoms with Gasteiger partial charge in [-0.2, -0.15) is 0 Å². The molecule has 1 fully saturated rings. The van der Waals surface area contributed by atoms with Gasteiger partial charge in [-0.05, 0) is 42.7 Å². The molecule has 1 amide bonds. The van der Waals surface area contributed by atoms with E-state index in [2.05, 4.69) is 17.4 Å². The van der Waals surface area contributed by atoms with E-state index in [1.54, 1.807) is 13.2 Å². The Balaban J connectivity index is 1.53. The van der Waals surface area contributed by atoms with Crippen LogP contribution in [0.2, 0.25) is 0 Å². The van der Waals surface area contributed by atoms with Gasteiger partial charge in [0.2, 0.25) is 0 Å². The molecule has 1 aliphatic heterocycles. The summed E-state index contributed by atoms with van der Waals surface area (Å²) in [6.45, 7) is 1.91. The topological polar surface area (TPSA) is 60.7 Å². The molecule has 140 valence electrons. The number of amides is 1. The number of furan rings is 1. The van der Waals surface area contributed by atoms with Crippen LogP contribution in [-0.4, -0.2) is 32.8 Å². The number of fused-ring (bicyclic) bond motifs is 1. The van der Waals surface area contributed by atoms with Crippen LogP contribution in [0.4, 0.5) is 0 Å². The summed E-state index contributed by atoms with van der Waals surface area (Å²) >= 11 is 0. The van der Waals surface area contributed by atoms with E-state index in [-0.39, 0.29) is 11.3 Å². The number of ether oxygens (including phenoxy) is 2. The molecule has 0 saturated carbocycles. The van der Waals surface area contributed by atoms with Crippen LogP contribution in [0.3, 0.4) is 0 Å². The summed E-state index contributed by atoms with van der Waals surface area (Å²) in [5.41, 5.74) is 1.77. The molecule has 2 aromatic carbocycles. The lowest BCUT2D eigenvalue weighted by Gasteiger charge is -2.38. The van der Waals surface area contributed by atoms with Crippen LogP contribution in [0.1, 0.15) is 29.0 Å². The van der Waals surface area contributed by atoms with Crippen molar-refractivity contribution in [2.75, 3.05) is 26.9 Å². The summed E-state index contributed by atoms with van der Waals surface area (Å²) in [5.74, 6) is 0.978. The van der Waals surface area contributed by atoms with Crippen LogP contribution in [0, 0.1) is 0 Å². The van der Waals surface area contributed by atoms with Crippen molar-refractivity contribution in [2.24, 2.45) is 0 Å². The Morgan fingerprint density at radius 3 is 2.56 bits per heavy atom. The maximum absolute atomic E-state index is 12.7. The van der Waals surface area contributed by atoms with Crippen molar-refractivity contribution in [1.29, 1.82) is 0 Å². The lowest BCUT2D eigenvalue weighted by Crippen LogP contribution is -2.44. The highest BCUT2D eigenvalue weighted by Gasteiger charge is 2.35. The van der Waals surface area contributed by atoms with Crippen LogP contribution < -0.4 is 10.1 Å². The summed E-state index contributed by atoms with van der Waals surface area (Å²) in [6, 6.07) is 17.5. The van der Waals surface area contributed by atoms with Crippen molar-refractivity contribution < 1.29 is 18.7 Å². The van der Waals surface area contributed by atoms with Gasteiger partial charge in [0.15, 0.2) is 5.76 Å². The molecule has 5 heteroatoms. The highest BCUT2D eigenvalue weighted by atomic mass is 16.5. The number of benzene rings is 2. The standard InChI is InChI=1S/C22H23NO4/c1-25-18-8-6-17(7-9-18)22(10-12-26-13-11-22)15-23-21(24)20-14-16-4-2-3-5-19(16)27-20/h2-9,14H,10-13,15H2,1H3,(H,23,24). The predicted octanol–water partition coefficient (Wildman–Crippen LogP) is 3.92. The van der Waals surface area contributed by atoms with Crippen LogP contribution in [0.5, 0.6) is 5.75 Å². The summed E-state index contributed by atoms with van der Waals surface area (Å²) < 4.78 is 16.5. The SMILES string of the molecule is COc1ccc(C2(CNC(=O)c3cc4ccccc4o3)CCOCC2)cc1. The van der Waals surface area contributed by atoms with Crippen molar-refractivity contribution in [2.45, 2.75) is 18.3 Å². The van der Waals surface area contributed by atoms with E-state index < -0.39 is 0 Å². The Morgan fingerprint density at radius 2 is 1.85 bits per heavy atom. The Kier molecular flexibility index (Phi) is 4.86. The molecule has 2 heterocycles. The first-order chi connectivity index (χ1) is 13.2. The molecule has 0 radical (unpaired) electrons. The minimum absolute atomic E-state index is 0.147. The number of nitrogens with one attached hydrogen (secondary N) is 1. The Labute approximate surface area is 158 Å².